The molecule has 2 saturated carbocycles. The molecule has 2 atom stereocenters. The summed E-state index contributed by atoms with van der Waals surface area (Å²) in [7, 11) is 0. The summed E-state index contributed by atoms with van der Waals surface area (Å²) >= 11 is 1.87. The van der Waals surface area contributed by atoms with Crippen LogP contribution in [0.4, 0.5) is 0 Å². The fourth-order valence-corrected chi connectivity index (χ4v) is 5.31. The van der Waals surface area contributed by atoms with Gasteiger partial charge in [-0.25, -0.2) is 0 Å². The molecule has 0 amide bonds. The molecule has 0 bridgehead atoms. The smallest absolute Gasteiger partial charge is 0.191 e. The minimum atomic E-state index is -0.586. The van der Waals surface area contributed by atoms with E-state index in [-0.39, 0.29) is 24.0 Å². The molecule has 2 fully saturated rings. The van der Waals surface area contributed by atoms with Crippen LogP contribution < -0.4 is 10.6 Å². The second kappa shape index (κ2) is 12.8. The molecule has 3 N–H and O–H groups in total. The highest BCUT2D eigenvalue weighted by Crippen LogP contribution is 2.42. The fraction of sp³-hybridized carbons (Fsp3) is 0.950. The van der Waals surface area contributed by atoms with Crippen LogP contribution in [0.5, 0.6) is 0 Å². The second-order valence-electron chi connectivity index (χ2n) is 7.79. The van der Waals surface area contributed by atoms with Crippen molar-refractivity contribution in [3.63, 3.8) is 0 Å². The van der Waals surface area contributed by atoms with Gasteiger partial charge in [-0.05, 0) is 57.1 Å². The first kappa shape index (κ1) is 25.3. The SMILES string of the molecule is CCNC(=NCC1(CCOCC)CCCC1)NCC1(O)CCC1SCC.I. The van der Waals surface area contributed by atoms with E-state index in [0.717, 1.165) is 57.3 Å². The summed E-state index contributed by atoms with van der Waals surface area (Å²) in [6.45, 7) is 10.2. The van der Waals surface area contributed by atoms with Crippen molar-refractivity contribution in [3.8, 4) is 0 Å². The van der Waals surface area contributed by atoms with Gasteiger partial charge in [0.15, 0.2) is 5.96 Å². The second-order valence-corrected chi connectivity index (χ2v) is 9.27. The third-order valence-electron chi connectivity index (χ3n) is 5.93. The molecule has 27 heavy (non-hydrogen) atoms. The first-order valence-corrected chi connectivity index (χ1v) is 11.6. The fourth-order valence-electron chi connectivity index (χ4n) is 4.11. The van der Waals surface area contributed by atoms with Gasteiger partial charge in [-0.15, -0.1) is 24.0 Å². The molecule has 0 aromatic rings. The zero-order chi connectivity index (χ0) is 18.9. The molecule has 0 aromatic carbocycles. The van der Waals surface area contributed by atoms with Crippen molar-refractivity contribution >= 4 is 41.7 Å². The topological polar surface area (TPSA) is 65.9 Å². The summed E-state index contributed by atoms with van der Waals surface area (Å²) in [6.07, 6.45) is 8.22. The molecule has 2 rings (SSSR count). The van der Waals surface area contributed by atoms with Crippen LogP contribution in [0.3, 0.4) is 0 Å². The van der Waals surface area contributed by atoms with E-state index in [1.165, 1.54) is 25.7 Å². The Labute approximate surface area is 187 Å². The van der Waals surface area contributed by atoms with Gasteiger partial charge in [0, 0.05) is 38.1 Å². The summed E-state index contributed by atoms with van der Waals surface area (Å²) in [6, 6.07) is 0. The van der Waals surface area contributed by atoms with Gasteiger partial charge < -0.3 is 20.5 Å². The quantitative estimate of drug-likeness (QED) is 0.170. The van der Waals surface area contributed by atoms with Gasteiger partial charge in [0.1, 0.15) is 0 Å². The summed E-state index contributed by atoms with van der Waals surface area (Å²) in [4.78, 5) is 4.90. The third kappa shape index (κ3) is 7.55. The van der Waals surface area contributed by atoms with Gasteiger partial charge >= 0.3 is 0 Å². The van der Waals surface area contributed by atoms with Crippen molar-refractivity contribution in [1.82, 2.24) is 10.6 Å². The molecule has 5 nitrogen and oxygen atoms in total. The molecule has 0 aromatic heterocycles. The van der Waals surface area contributed by atoms with Crippen LogP contribution in [0.15, 0.2) is 4.99 Å². The average molecular weight is 514 g/mol. The predicted octanol–water partition coefficient (Wildman–Crippen LogP) is 3.79. The van der Waals surface area contributed by atoms with Crippen LogP contribution in [0, 0.1) is 5.41 Å². The van der Waals surface area contributed by atoms with E-state index in [1.54, 1.807) is 0 Å². The Balaban J connectivity index is 0.00000364. The lowest BCUT2D eigenvalue weighted by Crippen LogP contribution is -2.58. The Morgan fingerprint density at radius 3 is 2.48 bits per heavy atom. The lowest BCUT2D eigenvalue weighted by Gasteiger charge is -2.45. The van der Waals surface area contributed by atoms with E-state index in [0.29, 0.717) is 17.2 Å². The van der Waals surface area contributed by atoms with Gasteiger partial charge in [-0.2, -0.15) is 11.8 Å². The largest absolute Gasteiger partial charge is 0.387 e. The molecule has 2 aliphatic carbocycles. The minimum absolute atomic E-state index is 0. The highest BCUT2D eigenvalue weighted by molar-refractivity contribution is 14.0. The number of hydrogen-bond donors (Lipinski definition) is 3. The predicted molar refractivity (Wildman–Crippen MR) is 128 cm³/mol. The number of aliphatic imine (C=N–C) groups is 1. The Bertz CT molecular complexity index is 447. The van der Waals surface area contributed by atoms with Crippen molar-refractivity contribution in [1.29, 1.82) is 0 Å². The van der Waals surface area contributed by atoms with Crippen molar-refractivity contribution in [2.45, 2.75) is 76.6 Å². The summed E-state index contributed by atoms with van der Waals surface area (Å²) < 4.78 is 5.61. The maximum Gasteiger partial charge on any atom is 0.191 e. The van der Waals surface area contributed by atoms with Crippen molar-refractivity contribution in [3.05, 3.63) is 0 Å². The van der Waals surface area contributed by atoms with Gasteiger partial charge in [-0.1, -0.05) is 19.8 Å². The Morgan fingerprint density at radius 1 is 1.19 bits per heavy atom. The number of nitrogens with one attached hydrogen (secondary N) is 2. The number of thioether (sulfide) groups is 1. The Morgan fingerprint density at radius 2 is 1.93 bits per heavy atom. The molecule has 0 saturated heterocycles. The maximum atomic E-state index is 10.8. The molecular formula is C20H40IN3O2S. The number of hydrogen-bond acceptors (Lipinski definition) is 4. The minimum Gasteiger partial charge on any atom is -0.387 e. The van der Waals surface area contributed by atoms with Crippen LogP contribution in [-0.4, -0.2) is 60.5 Å². The summed E-state index contributed by atoms with van der Waals surface area (Å²) in [5, 5.41) is 17.9. The monoisotopic (exact) mass is 513 g/mol. The number of ether oxygens (including phenoxy) is 1. The first-order chi connectivity index (χ1) is 12.6. The Kier molecular flexibility index (Phi) is 12.0. The molecule has 7 heteroatoms. The lowest BCUT2D eigenvalue weighted by molar-refractivity contribution is -0.0198. The molecule has 0 heterocycles. The highest BCUT2D eigenvalue weighted by Gasteiger charge is 2.45. The average Bonchev–Trinajstić information content (AvgIpc) is 3.10. The van der Waals surface area contributed by atoms with E-state index in [2.05, 4.69) is 31.4 Å². The van der Waals surface area contributed by atoms with E-state index in [4.69, 9.17) is 9.73 Å². The first-order valence-electron chi connectivity index (χ1n) is 10.5. The zero-order valence-electron chi connectivity index (χ0n) is 17.4. The number of halogens is 1. The van der Waals surface area contributed by atoms with Crippen LogP contribution >= 0.6 is 35.7 Å². The maximum absolute atomic E-state index is 10.8. The highest BCUT2D eigenvalue weighted by atomic mass is 127. The molecule has 160 valence electrons. The molecule has 2 aliphatic rings. The van der Waals surface area contributed by atoms with Crippen molar-refractivity contribution in [2.24, 2.45) is 10.4 Å². The van der Waals surface area contributed by atoms with Crippen LogP contribution in [0.25, 0.3) is 0 Å². The van der Waals surface area contributed by atoms with Gasteiger partial charge in [-0.3, -0.25) is 4.99 Å². The molecular weight excluding hydrogens is 473 g/mol. The summed E-state index contributed by atoms with van der Waals surface area (Å²) in [5.74, 6) is 1.90. The number of rotatable bonds is 11. The van der Waals surface area contributed by atoms with Crippen LogP contribution in [-0.2, 0) is 4.74 Å². The van der Waals surface area contributed by atoms with Crippen LogP contribution in [0.1, 0.15) is 65.7 Å². The summed E-state index contributed by atoms with van der Waals surface area (Å²) in [5.41, 5.74) is -0.289. The van der Waals surface area contributed by atoms with Crippen molar-refractivity contribution < 1.29 is 9.84 Å². The number of aliphatic hydroxyl groups is 1. The lowest BCUT2D eigenvalue weighted by atomic mass is 9.79. The Hall–Kier alpha value is 0.270. The van der Waals surface area contributed by atoms with Gasteiger partial charge in [0.2, 0.25) is 0 Å². The normalized spacial score (nSPS) is 27.0. The van der Waals surface area contributed by atoms with E-state index >= 15 is 0 Å². The molecule has 0 spiro atoms. The van der Waals surface area contributed by atoms with Crippen LogP contribution in [0.2, 0.25) is 0 Å². The van der Waals surface area contributed by atoms with Gasteiger partial charge in [0.05, 0.1) is 5.60 Å². The standard InChI is InChI=1S/C20H39N3O2S.HI/c1-4-21-18(23-16-20(24)12-9-17(20)26-6-3)22-15-19(10-7-8-11-19)13-14-25-5-2;/h17,24H,4-16H2,1-3H3,(H2,21,22,23);1H. The number of nitrogens with zero attached hydrogens (tertiary/aromatic N) is 1. The number of guanidine groups is 1. The molecule has 0 aliphatic heterocycles. The molecule has 2 unspecified atom stereocenters. The zero-order valence-corrected chi connectivity index (χ0v) is 20.5. The third-order valence-corrected chi connectivity index (χ3v) is 7.34. The van der Waals surface area contributed by atoms with E-state index < -0.39 is 5.60 Å². The van der Waals surface area contributed by atoms with E-state index in [9.17, 15) is 5.11 Å². The van der Waals surface area contributed by atoms with E-state index in [1.807, 2.05) is 11.8 Å². The molecule has 0 radical (unpaired) electrons. The van der Waals surface area contributed by atoms with Gasteiger partial charge in [0.25, 0.3) is 0 Å². The van der Waals surface area contributed by atoms with Crippen molar-refractivity contribution in [2.75, 3.05) is 38.6 Å².